The number of rotatable bonds is 9. The van der Waals surface area contributed by atoms with Crippen LogP contribution in [0.5, 0.6) is 11.5 Å². The van der Waals surface area contributed by atoms with E-state index in [1.807, 2.05) is 37.3 Å². The maximum Gasteiger partial charge on any atom is 0.293 e. The van der Waals surface area contributed by atoms with Crippen LogP contribution in [0.15, 0.2) is 83.8 Å². The van der Waals surface area contributed by atoms with Gasteiger partial charge in [0.05, 0.1) is 21.6 Å². The van der Waals surface area contributed by atoms with E-state index in [2.05, 4.69) is 40.8 Å². The van der Waals surface area contributed by atoms with Crippen molar-refractivity contribution in [1.82, 2.24) is 4.90 Å². The molecular formula is C31H23ClINO5S. The number of fused-ring (bicyclic) bond motifs is 1. The minimum absolute atomic E-state index is 0.233. The number of ether oxygens (including phenoxy) is 2. The lowest BCUT2D eigenvalue weighted by molar-refractivity contribution is -0.122. The molecule has 40 heavy (non-hydrogen) atoms. The normalized spacial score (nSPS) is 14.3. The monoisotopic (exact) mass is 683 g/mol. The lowest BCUT2D eigenvalue weighted by Gasteiger charge is -2.16. The number of halogens is 2. The number of hydrogen-bond donors (Lipinski definition) is 0. The van der Waals surface area contributed by atoms with E-state index in [1.165, 1.54) is 0 Å². The second-order valence-electron chi connectivity index (χ2n) is 8.89. The molecule has 4 aromatic rings. The third-order valence-corrected chi connectivity index (χ3v) is 8.18. The predicted octanol–water partition coefficient (Wildman–Crippen LogP) is 7.99. The van der Waals surface area contributed by atoms with E-state index < -0.39 is 11.1 Å². The van der Waals surface area contributed by atoms with Crippen molar-refractivity contribution in [3.05, 3.63) is 109 Å². The summed E-state index contributed by atoms with van der Waals surface area (Å²) in [5.41, 5.74) is 2.12. The van der Waals surface area contributed by atoms with E-state index in [9.17, 15) is 14.4 Å². The second-order valence-corrected chi connectivity index (χ2v) is 11.5. The summed E-state index contributed by atoms with van der Waals surface area (Å²) in [5, 5.41) is 2.27. The van der Waals surface area contributed by atoms with Gasteiger partial charge in [0.1, 0.15) is 6.61 Å². The third kappa shape index (κ3) is 6.19. The zero-order chi connectivity index (χ0) is 28.2. The van der Waals surface area contributed by atoms with Gasteiger partial charge in [-0.3, -0.25) is 19.3 Å². The number of ketones is 1. The van der Waals surface area contributed by atoms with E-state index in [1.54, 1.807) is 36.4 Å². The number of carbonyl (C=O) groups excluding carboxylic acids is 3. The average Bonchev–Trinajstić information content (AvgIpc) is 3.20. The highest BCUT2D eigenvalue weighted by atomic mass is 127. The Morgan fingerprint density at radius 3 is 2.52 bits per heavy atom. The minimum Gasteiger partial charge on any atom is -0.490 e. The maximum atomic E-state index is 13.1. The van der Waals surface area contributed by atoms with Crippen LogP contribution >= 0.6 is 46.0 Å². The van der Waals surface area contributed by atoms with Gasteiger partial charge < -0.3 is 9.47 Å². The first-order valence-electron chi connectivity index (χ1n) is 12.4. The molecule has 9 heteroatoms. The second kappa shape index (κ2) is 12.4. The largest absolute Gasteiger partial charge is 0.490 e. The number of carbonyl (C=O) groups is 3. The maximum absolute atomic E-state index is 13.1. The summed E-state index contributed by atoms with van der Waals surface area (Å²) >= 11 is 8.87. The molecule has 1 saturated heterocycles. The molecule has 0 aliphatic carbocycles. The molecule has 4 aromatic carbocycles. The van der Waals surface area contributed by atoms with Crippen LogP contribution in [0.1, 0.15) is 28.4 Å². The molecule has 0 unspecified atom stereocenters. The summed E-state index contributed by atoms with van der Waals surface area (Å²) in [6.07, 6.45) is 1.64. The van der Waals surface area contributed by atoms with Crippen molar-refractivity contribution in [3.63, 3.8) is 0 Å². The van der Waals surface area contributed by atoms with Gasteiger partial charge in [0.15, 0.2) is 17.3 Å². The molecule has 0 bridgehead atoms. The molecule has 1 heterocycles. The Hall–Kier alpha value is -3.34. The zero-order valence-corrected chi connectivity index (χ0v) is 25.1. The molecule has 2 amide bonds. The SMILES string of the molecule is CCOc1cc(/C=C2/SC(=O)N(CC(=O)c3ccc(Cl)cc3)C2=O)cc(I)c1OCc1cccc2ccccc12. The van der Waals surface area contributed by atoms with Crippen LogP contribution in [-0.4, -0.2) is 35.0 Å². The van der Waals surface area contributed by atoms with Crippen LogP contribution in [0.25, 0.3) is 16.8 Å². The molecule has 0 atom stereocenters. The molecule has 1 aliphatic heterocycles. The van der Waals surface area contributed by atoms with Crippen molar-refractivity contribution in [2.45, 2.75) is 13.5 Å². The smallest absolute Gasteiger partial charge is 0.293 e. The highest BCUT2D eigenvalue weighted by molar-refractivity contribution is 14.1. The Morgan fingerprint density at radius 2 is 1.75 bits per heavy atom. The Morgan fingerprint density at radius 1 is 1.00 bits per heavy atom. The topological polar surface area (TPSA) is 72.9 Å². The van der Waals surface area contributed by atoms with Crippen LogP contribution in [-0.2, 0) is 11.4 Å². The quantitative estimate of drug-likeness (QED) is 0.101. The van der Waals surface area contributed by atoms with Gasteiger partial charge in [-0.05, 0) is 106 Å². The summed E-state index contributed by atoms with van der Waals surface area (Å²) in [7, 11) is 0. The van der Waals surface area contributed by atoms with Gasteiger partial charge in [0.2, 0.25) is 0 Å². The summed E-state index contributed by atoms with van der Waals surface area (Å²) < 4.78 is 12.9. The lowest BCUT2D eigenvalue weighted by Crippen LogP contribution is -2.33. The van der Waals surface area contributed by atoms with Gasteiger partial charge in [0.25, 0.3) is 11.1 Å². The number of Topliss-reactive ketones (excluding diaryl/α,β-unsaturated/α-hetero) is 1. The molecule has 5 rings (SSSR count). The van der Waals surface area contributed by atoms with Gasteiger partial charge in [0, 0.05) is 10.6 Å². The van der Waals surface area contributed by atoms with Crippen molar-refractivity contribution in [2.75, 3.05) is 13.2 Å². The van der Waals surface area contributed by atoms with E-state index >= 15 is 0 Å². The highest BCUT2D eigenvalue weighted by Crippen LogP contribution is 2.38. The summed E-state index contributed by atoms with van der Waals surface area (Å²) in [4.78, 5) is 39.5. The van der Waals surface area contributed by atoms with Crippen molar-refractivity contribution in [2.24, 2.45) is 0 Å². The summed E-state index contributed by atoms with van der Waals surface area (Å²) in [6.45, 7) is 2.33. The molecule has 1 fully saturated rings. The van der Waals surface area contributed by atoms with Crippen molar-refractivity contribution >= 4 is 79.7 Å². The third-order valence-electron chi connectivity index (χ3n) is 6.22. The molecule has 0 aromatic heterocycles. The first kappa shape index (κ1) is 28.2. The van der Waals surface area contributed by atoms with Crippen LogP contribution in [0.2, 0.25) is 5.02 Å². The Labute approximate surface area is 254 Å². The first-order chi connectivity index (χ1) is 19.3. The van der Waals surface area contributed by atoms with E-state index in [4.69, 9.17) is 21.1 Å². The van der Waals surface area contributed by atoms with Gasteiger partial charge >= 0.3 is 0 Å². The van der Waals surface area contributed by atoms with E-state index in [0.29, 0.717) is 40.9 Å². The predicted molar refractivity (Wildman–Crippen MR) is 167 cm³/mol. The zero-order valence-electron chi connectivity index (χ0n) is 21.4. The molecule has 0 saturated carbocycles. The van der Waals surface area contributed by atoms with Gasteiger partial charge in [-0.25, -0.2) is 0 Å². The molecule has 1 aliphatic rings. The van der Waals surface area contributed by atoms with Crippen LogP contribution in [0, 0.1) is 3.57 Å². The van der Waals surface area contributed by atoms with Gasteiger partial charge in [-0.15, -0.1) is 0 Å². The average molecular weight is 684 g/mol. The van der Waals surface area contributed by atoms with Gasteiger partial charge in [-0.1, -0.05) is 54.1 Å². The Kier molecular flexibility index (Phi) is 8.78. The molecule has 0 radical (unpaired) electrons. The minimum atomic E-state index is -0.512. The van der Waals surface area contributed by atoms with E-state index in [-0.39, 0.29) is 17.2 Å². The van der Waals surface area contributed by atoms with Crippen molar-refractivity contribution < 1.29 is 23.9 Å². The highest BCUT2D eigenvalue weighted by Gasteiger charge is 2.36. The Balaban J connectivity index is 1.35. The van der Waals surface area contributed by atoms with Crippen molar-refractivity contribution in [1.29, 1.82) is 0 Å². The fourth-order valence-corrected chi connectivity index (χ4v) is 6.05. The van der Waals surface area contributed by atoms with Crippen LogP contribution in [0.3, 0.4) is 0 Å². The molecule has 0 spiro atoms. The fourth-order valence-electron chi connectivity index (χ4n) is 4.30. The summed E-state index contributed by atoms with van der Waals surface area (Å²) in [5.74, 6) is 0.287. The van der Waals surface area contributed by atoms with Crippen LogP contribution in [0.4, 0.5) is 4.79 Å². The standard InChI is InChI=1S/C31H23ClINO5S/c1-2-38-27-15-19(14-25(33)29(27)39-18-22-8-5-7-20-6-3-4-9-24(20)22)16-28-30(36)34(31(37)40-28)17-26(35)21-10-12-23(32)13-11-21/h3-16H,2,17-18H2,1H3/b28-16+. The molecular weight excluding hydrogens is 661 g/mol. The molecule has 202 valence electrons. The number of benzene rings is 4. The van der Waals surface area contributed by atoms with E-state index in [0.717, 1.165) is 36.6 Å². The fraction of sp³-hybridized carbons (Fsp3) is 0.129. The lowest BCUT2D eigenvalue weighted by atomic mass is 10.1. The number of amides is 2. The number of hydrogen-bond acceptors (Lipinski definition) is 6. The number of imide groups is 1. The van der Waals surface area contributed by atoms with Crippen molar-refractivity contribution in [3.8, 4) is 11.5 Å². The van der Waals surface area contributed by atoms with Crippen LogP contribution < -0.4 is 9.47 Å². The first-order valence-corrected chi connectivity index (χ1v) is 14.7. The number of nitrogens with zero attached hydrogens (tertiary/aromatic N) is 1. The number of thioether (sulfide) groups is 1. The molecule has 0 N–H and O–H groups in total. The Bertz CT molecular complexity index is 1650. The summed E-state index contributed by atoms with van der Waals surface area (Å²) in [6, 6.07) is 24.3. The van der Waals surface area contributed by atoms with Gasteiger partial charge in [-0.2, -0.15) is 0 Å². The molecule has 6 nitrogen and oxygen atoms in total.